The fourth-order valence-corrected chi connectivity index (χ4v) is 4.33. The molecule has 0 N–H and O–H groups in total. The number of hydrogen-bond acceptors (Lipinski definition) is 3. The average molecular weight is 379 g/mol. The highest BCUT2D eigenvalue weighted by Crippen LogP contribution is 2.40. The number of aromatic nitrogens is 4. The van der Waals surface area contributed by atoms with E-state index in [-0.39, 0.29) is 5.78 Å². The van der Waals surface area contributed by atoms with Gasteiger partial charge in [-0.2, -0.15) is 5.10 Å². The number of aryl methyl sites for hydroxylation is 1. The molecule has 0 aliphatic heterocycles. The van der Waals surface area contributed by atoms with Gasteiger partial charge in [-0.3, -0.25) is 9.48 Å². The molecule has 0 spiro atoms. The van der Waals surface area contributed by atoms with E-state index >= 15 is 0 Å². The van der Waals surface area contributed by atoms with Gasteiger partial charge >= 0.3 is 0 Å². The molecule has 0 aliphatic carbocycles. The Morgan fingerprint density at radius 2 is 1.39 bits per heavy atom. The van der Waals surface area contributed by atoms with Crippen LogP contribution in [0, 0.1) is 48.5 Å². The molecular formula is C23H30N4O. The van der Waals surface area contributed by atoms with Crippen LogP contribution in [0.1, 0.15) is 62.3 Å². The number of carbonyl (C=O) groups is 1. The first-order valence-corrected chi connectivity index (χ1v) is 9.68. The van der Waals surface area contributed by atoms with Gasteiger partial charge < -0.3 is 4.57 Å². The molecule has 0 bridgehead atoms. The van der Waals surface area contributed by atoms with Gasteiger partial charge in [0, 0.05) is 29.6 Å². The normalized spacial score (nSPS) is 11.3. The minimum Gasteiger partial charge on any atom is -0.340 e. The van der Waals surface area contributed by atoms with Crippen LogP contribution < -0.4 is 0 Å². The summed E-state index contributed by atoms with van der Waals surface area (Å²) in [5.41, 5.74) is 11.5. The summed E-state index contributed by atoms with van der Waals surface area (Å²) in [5, 5.41) is 4.42. The van der Waals surface area contributed by atoms with Gasteiger partial charge in [0.15, 0.2) is 11.6 Å². The summed E-state index contributed by atoms with van der Waals surface area (Å²) in [7, 11) is 1.86. The van der Waals surface area contributed by atoms with E-state index in [4.69, 9.17) is 0 Å². The molecule has 0 unspecified atom stereocenters. The zero-order valence-electron chi connectivity index (χ0n) is 18.5. The molecule has 148 valence electrons. The van der Waals surface area contributed by atoms with Crippen LogP contribution in [-0.2, 0) is 13.6 Å². The fourth-order valence-electron chi connectivity index (χ4n) is 4.33. The van der Waals surface area contributed by atoms with Crippen molar-refractivity contribution in [3.63, 3.8) is 0 Å². The quantitative estimate of drug-likeness (QED) is 0.619. The first kappa shape index (κ1) is 20.1. The van der Waals surface area contributed by atoms with Gasteiger partial charge in [0.2, 0.25) is 0 Å². The van der Waals surface area contributed by atoms with Gasteiger partial charge in [0.1, 0.15) is 6.33 Å². The number of rotatable bonds is 4. The molecule has 0 aliphatic rings. The first-order valence-electron chi connectivity index (χ1n) is 9.68. The second-order valence-electron chi connectivity index (χ2n) is 7.90. The zero-order chi connectivity index (χ0) is 20.9. The maximum absolute atomic E-state index is 12.7. The summed E-state index contributed by atoms with van der Waals surface area (Å²) < 4.78 is 3.88. The molecule has 5 nitrogen and oxygen atoms in total. The number of hydrogen-bond donors (Lipinski definition) is 0. The Kier molecular flexibility index (Phi) is 5.04. The third kappa shape index (κ3) is 2.99. The summed E-state index contributed by atoms with van der Waals surface area (Å²) in [6, 6.07) is 0. The second kappa shape index (κ2) is 7.04. The minimum atomic E-state index is 0.0954. The lowest BCUT2D eigenvalue weighted by molar-refractivity contribution is 0.101. The van der Waals surface area contributed by atoms with Gasteiger partial charge in [-0.15, -0.1) is 0 Å². The molecule has 28 heavy (non-hydrogen) atoms. The second-order valence-corrected chi connectivity index (χ2v) is 7.90. The van der Waals surface area contributed by atoms with Crippen LogP contribution >= 0.6 is 0 Å². The molecule has 0 amide bonds. The van der Waals surface area contributed by atoms with E-state index in [0.29, 0.717) is 6.54 Å². The molecule has 0 radical (unpaired) electrons. The molecule has 0 fully saturated rings. The summed E-state index contributed by atoms with van der Waals surface area (Å²) in [5.74, 6) is 0.841. The maximum Gasteiger partial charge on any atom is 0.170 e. The average Bonchev–Trinajstić information content (AvgIpc) is 3.15. The SMILES string of the molecule is CC(=O)c1c(-c2c(C)c(C)c(C)c(C)c2C)c(C)n(Cc2ncn(C)n2)c1C. The Labute approximate surface area is 167 Å². The van der Waals surface area contributed by atoms with Crippen LogP contribution in [0.25, 0.3) is 11.1 Å². The predicted molar refractivity (Wildman–Crippen MR) is 113 cm³/mol. The molecule has 2 heterocycles. The minimum absolute atomic E-state index is 0.0954. The maximum atomic E-state index is 12.7. The Balaban J connectivity index is 2.34. The lowest BCUT2D eigenvalue weighted by atomic mass is 9.84. The van der Waals surface area contributed by atoms with Crippen molar-refractivity contribution < 1.29 is 4.79 Å². The largest absolute Gasteiger partial charge is 0.340 e. The molecule has 1 aromatic carbocycles. The zero-order valence-corrected chi connectivity index (χ0v) is 18.5. The molecule has 0 atom stereocenters. The number of ketones is 1. The van der Waals surface area contributed by atoms with Crippen LogP contribution in [0.3, 0.4) is 0 Å². The van der Waals surface area contributed by atoms with Crippen LogP contribution in [0.4, 0.5) is 0 Å². The van der Waals surface area contributed by atoms with Gasteiger partial charge in [-0.25, -0.2) is 4.98 Å². The van der Waals surface area contributed by atoms with Gasteiger partial charge in [-0.1, -0.05) is 0 Å². The number of Topliss-reactive ketones (excluding diaryl/α,β-unsaturated/α-hetero) is 1. The summed E-state index contributed by atoms with van der Waals surface area (Å²) >= 11 is 0. The van der Waals surface area contributed by atoms with E-state index in [1.807, 2.05) is 14.0 Å². The Hall–Kier alpha value is -2.69. The standard InChI is InChI=1S/C23H30N4O/c1-12-13(2)15(4)21(16(5)14(12)3)23-18(7)27(17(6)22(23)19(8)28)10-20-24-11-26(9)25-20/h11H,10H2,1-9H3. The van der Waals surface area contributed by atoms with Crippen molar-refractivity contribution >= 4 is 5.78 Å². The monoisotopic (exact) mass is 378 g/mol. The molecule has 2 aromatic heterocycles. The van der Waals surface area contributed by atoms with Crippen molar-refractivity contribution in [1.82, 2.24) is 19.3 Å². The van der Waals surface area contributed by atoms with Crippen molar-refractivity contribution in [1.29, 1.82) is 0 Å². The molecule has 5 heteroatoms. The number of nitrogens with zero attached hydrogens (tertiary/aromatic N) is 4. The van der Waals surface area contributed by atoms with E-state index < -0.39 is 0 Å². The smallest absolute Gasteiger partial charge is 0.170 e. The van der Waals surface area contributed by atoms with Crippen LogP contribution in [0.2, 0.25) is 0 Å². The third-order valence-electron chi connectivity index (χ3n) is 6.33. The topological polar surface area (TPSA) is 52.7 Å². The van der Waals surface area contributed by atoms with E-state index in [0.717, 1.165) is 28.3 Å². The fraction of sp³-hybridized carbons (Fsp3) is 0.435. The molecule has 0 saturated carbocycles. The lowest BCUT2D eigenvalue weighted by Crippen LogP contribution is -2.07. The van der Waals surface area contributed by atoms with E-state index in [1.165, 1.54) is 33.4 Å². The Morgan fingerprint density at radius 3 is 1.86 bits per heavy atom. The highest BCUT2D eigenvalue weighted by Gasteiger charge is 2.26. The Bertz CT molecular complexity index is 1070. The Morgan fingerprint density at radius 1 is 0.857 bits per heavy atom. The van der Waals surface area contributed by atoms with Crippen molar-refractivity contribution in [3.05, 3.63) is 56.9 Å². The third-order valence-corrected chi connectivity index (χ3v) is 6.33. The van der Waals surface area contributed by atoms with E-state index in [9.17, 15) is 4.79 Å². The molecular weight excluding hydrogens is 348 g/mol. The molecule has 3 aromatic rings. The molecule has 3 rings (SSSR count). The first-order chi connectivity index (χ1) is 13.1. The van der Waals surface area contributed by atoms with Gasteiger partial charge in [0.05, 0.1) is 6.54 Å². The highest BCUT2D eigenvalue weighted by atomic mass is 16.1. The summed E-state index contributed by atoms with van der Waals surface area (Å²) in [6.07, 6.45) is 1.71. The van der Waals surface area contributed by atoms with E-state index in [2.05, 4.69) is 56.2 Å². The van der Waals surface area contributed by atoms with Gasteiger partial charge in [0.25, 0.3) is 0 Å². The van der Waals surface area contributed by atoms with Crippen molar-refractivity contribution in [2.45, 2.75) is 61.9 Å². The van der Waals surface area contributed by atoms with Crippen molar-refractivity contribution in [2.24, 2.45) is 7.05 Å². The number of benzene rings is 1. The van der Waals surface area contributed by atoms with Crippen LogP contribution in [-0.4, -0.2) is 25.1 Å². The van der Waals surface area contributed by atoms with E-state index in [1.54, 1.807) is 17.9 Å². The van der Waals surface area contributed by atoms with Crippen molar-refractivity contribution in [3.8, 4) is 11.1 Å². The summed E-state index contributed by atoms with van der Waals surface area (Å²) in [6.45, 7) is 17.2. The lowest BCUT2D eigenvalue weighted by Gasteiger charge is -2.20. The summed E-state index contributed by atoms with van der Waals surface area (Å²) in [4.78, 5) is 17.1. The van der Waals surface area contributed by atoms with Crippen LogP contribution in [0.15, 0.2) is 6.33 Å². The molecule has 0 saturated heterocycles. The van der Waals surface area contributed by atoms with Gasteiger partial charge in [-0.05, 0) is 88.8 Å². The highest BCUT2D eigenvalue weighted by molar-refractivity contribution is 6.04. The van der Waals surface area contributed by atoms with Crippen LogP contribution in [0.5, 0.6) is 0 Å². The number of carbonyl (C=O) groups excluding carboxylic acids is 1. The van der Waals surface area contributed by atoms with Crippen molar-refractivity contribution in [2.75, 3.05) is 0 Å². The predicted octanol–water partition coefficient (Wildman–Crippen LogP) is 4.69.